The monoisotopic (exact) mass is 342 g/mol. The van der Waals surface area contributed by atoms with Gasteiger partial charge in [0.15, 0.2) is 0 Å². The van der Waals surface area contributed by atoms with Crippen molar-refractivity contribution < 1.29 is 9.53 Å². The van der Waals surface area contributed by atoms with E-state index in [1.165, 1.54) is 36.6 Å². The van der Waals surface area contributed by atoms with E-state index in [0.29, 0.717) is 5.56 Å². The van der Waals surface area contributed by atoms with Crippen molar-refractivity contribution in [2.45, 2.75) is 50.8 Å². The van der Waals surface area contributed by atoms with Gasteiger partial charge in [-0.25, -0.2) is 0 Å². The van der Waals surface area contributed by atoms with Crippen LogP contribution in [0.5, 0.6) is 5.75 Å². The third-order valence-electron chi connectivity index (χ3n) is 3.90. The minimum atomic E-state index is 0.0637. The maximum atomic E-state index is 12.3. The third-order valence-corrected chi connectivity index (χ3v) is 4.83. The Bertz CT molecular complexity index is 617. The van der Waals surface area contributed by atoms with Gasteiger partial charge in [0.25, 0.3) is 0 Å². The molecule has 24 heavy (non-hydrogen) atoms. The van der Waals surface area contributed by atoms with Gasteiger partial charge in [0.1, 0.15) is 5.75 Å². The molecule has 0 saturated carbocycles. The lowest BCUT2D eigenvalue weighted by Gasteiger charge is -2.07. The van der Waals surface area contributed by atoms with Crippen molar-refractivity contribution in [2.75, 3.05) is 6.61 Å². The highest BCUT2D eigenvalue weighted by molar-refractivity contribution is 8.14. The molecule has 3 heteroatoms. The molecule has 0 heterocycles. The van der Waals surface area contributed by atoms with Gasteiger partial charge < -0.3 is 4.74 Å². The molecule has 0 spiro atoms. The van der Waals surface area contributed by atoms with E-state index in [1.807, 2.05) is 36.4 Å². The van der Waals surface area contributed by atoms with Crippen molar-refractivity contribution >= 4 is 16.9 Å². The first-order chi connectivity index (χ1) is 11.7. The highest BCUT2D eigenvalue weighted by Crippen LogP contribution is 2.24. The molecule has 128 valence electrons. The van der Waals surface area contributed by atoms with Gasteiger partial charge in [0.05, 0.1) is 6.61 Å². The maximum absolute atomic E-state index is 12.3. The number of unbranched alkanes of at least 4 members (excludes halogenated alkanes) is 3. The van der Waals surface area contributed by atoms with E-state index in [1.54, 1.807) is 0 Å². The molecule has 2 nitrogen and oxygen atoms in total. The summed E-state index contributed by atoms with van der Waals surface area (Å²) in [5, 5.41) is 0.0637. The van der Waals surface area contributed by atoms with E-state index in [9.17, 15) is 4.79 Å². The molecule has 0 aliphatic carbocycles. The van der Waals surface area contributed by atoms with E-state index in [2.05, 4.69) is 26.0 Å². The smallest absolute Gasteiger partial charge is 0.224 e. The Labute approximate surface area is 149 Å². The van der Waals surface area contributed by atoms with Crippen LogP contribution in [0.15, 0.2) is 53.4 Å². The van der Waals surface area contributed by atoms with Crippen LogP contribution in [0.4, 0.5) is 0 Å². The Morgan fingerprint density at radius 2 is 1.62 bits per heavy atom. The molecule has 0 aromatic heterocycles. The van der Waals surface area contributed by atoms with Crippen molar-refractivity contribution in [3.63, 3.8) is 0 Å². The molecular formula is C21H26O2S. The fourth-order valence-electron chi connectivity index (χ4n) is 2.37. The molecule has 0 radical (unpaired) electrons. The number of thioether (sulfide) groups is 1. The summed E-state index contributed by atoms with van der Waals surface area (Å²) in [5.74, 6) is 0.834. The van der Waals surface area contributed by atoms with Crippen LogP contribution >= 0.6 is 11.8 Å². The van der Waals surface area contributed by atoms with Gasteiger partial charge in [0.2, 0.25) is 5.12 Å². The molecule has 2 aromatic carbocycles. The zero-order valence-corrected chi connectivity index (χ0v) is 15.4. The minimum Gasteiger partial charge on any atom is -0.494 e. The first kappa shape index (κ1) is 18.6. The van der Waals surface area contributed by atoms with Crippen molar-refractivity contribution in [1.82, 2.24) is 0 Å². The van der Waals surface area contributed by atoms with Gasteiger partial charge in [-0.2, -0.15) is 0 Å². The zero-order valence-electron chi connectivity index (χ0n) is 14.6. The number of carbonyl (C=O) groups excluding carboxylic acids is 1. The first-order valence-corrected chi connectivity index (χ1v) is 9.58. The second-order valence-electron chi connectivity index (χ2n) is 5.82. The number of benzene rings is 2. The summed E-state index contributed by atoms with van der Waals surface area (Å²) in [6.07, 6.45) is 5.79. The van der Waals surface area contributed by atoms with Crippen LogP contribution in [-0.4, -0.2) is 11.7 Å². The Morgan fingerprint density at radius 1 is 0.917 bits per heavy atom. The molecule has 2 aromatic rings. The van der Waals surface area contributed by atoms with Crippen LogP contribution in [0.2, 0.25) is 0 Å². The largest absolute Gasteiger partial charge is 0.494 e. The van der Waals surface area contributed by atoms with Gasteiger partial charge in [-0.3, -0.25) is 4.79 Å². The number of aryl methyl sites for hydroxylation is 1. The number of hydrogen-bond acceptors (Lipinski definition) is 3. The Morgan fingerprint density at radius 3 is 2.25 bits per heavy atom. The molecule has 0 N–H and O–H groups in total. The van der Waals surface area contributed by atoms with Gasteiger partial charge in [0, 0.05) is 10.5 Å². The SMILES string of the molecule is CCCCCCOc1ccc(C(=O)Sc2ccc(CC)cc2)cc1. The summed E-state index contributed by atoms with van der Waals surface area (Å²) in [6.45, 7) is 5.07. The second-order valence-corrected chi connectivity index (χ2v) is 6.87. The number of rotatable bonds is 9. The van der Waals surface area contributed by atoms with E-state index in [0.717, 1.165) is 30.1 Å². The summed E-state index contributed by atoms with van der Waals surface area (Å²) >= 11 is 1.27. The quantitative estimate of drug-likeness (QED) is 0.404. The van der Waals surface area contributed by atoms with Gasteiger partial charge >= 0.3 is 0 Å². The highest BCUT2D eigenvalue weighted by atomic mass is 32.2. The van der Waals surface area contributed by atoms with E-state index in [4.69, 9.17) is 4.74 Å². The molecule has 0 atom stereocenters. The summed E-state index contributed by atoms with van der Waals surface area (Å²) in [7, 11) is 0. The van der Waals surface area contributed by atoms with E-state index < -0.39 is 0 Å². The predicted octanol–water partition coefficient (Wildman–Crippen LogP) is 6.14. The van der Waals surface area contributed by atoms with Crippen LogP contribution in [0.3, 0.4) is 0 Å². The lowest BCUT2D eigenvalue weighted by Crippen LogP contribution is -1.98. The molecule has 2 rings (SSSR count). The molecule has 0 aliphatic heterocycles. The average molecular weight is 343 g/mol. The Balaban J connectivity index is 1.83. The summed E-state index contributed by atoms with van der Waals surface area (Å²) in [5.41, 5.74) is 1.99. The van der Waals surface area contributed by atoms with E-state index >= 15 is 0 Å². The molecular weight excluding hydrogens is 316 g/mol. The predicted molar refractivity (Wildman–Crippen MR) is 102 cm³/mol. The number of ether oxygens (including phenoxy) is 1. The fraction of sp³-hybridized carbons (Fsp3) is 0.381. The lowest BCUT2D eigenvalue weighted by molar-refractivity contribution is 0.108. The van der Waals surface area contributed by atoms with E-state index in [-0.39, 0.29) is 5.12 Å². The summed E-state index contributed by atoms with van der Waals surface area (Å²) in [4.78, 5) is 13.3. The summed E-state index contributed by atoms with van der Waals surface area (Å²) in [6, 6.07) is 15.6. The molecule has 0 fully saturated rings. The van der Waals surface area contributed by atoms with Crippen LogP contribution in [0, 0.1) is 0 Å². The minimum absolute atomic E-state index is 0.0637. The third kappa shape index (κ3) is 6.04. The maximum Gasteiger partial charge on any atom is 0.224 e. The van der Waals surface area contributed by atoms with Crippen LogP contribution in [0.25, 0.3) is 0 Å². The van der Waals surface area contributed by atoms with Crippen molar-refractivity contribution in [2.24, 2.45) is 0 Å². The zero-order chi connectivity index (χ0) is 17.2. The highest BCUT2D eigenvalue weighted by Gasteiger charge is 2.08. The van der Waals surface area contributed by atoms with Gasteiger partial charge in [-0.1, -0.05) is 45.2 Å². The number of carbonyl (C=O) groups is 1. The Hall–Kier alpha value is -1.74. The lowest BCUT2D eigenvalue weighted by atomic mass is 10.2. The van der Waals surface area contributed by atoms with Crippen LogP contribution in [0.1, 0.15) is 55.5 Å². The molecule has 0 aliphatic rings. The Kier molecular flexibility index (Phi) is 7.90. The second kappa shape index (κ2) is 10.2. The first-order valence-electron chi connectivity index (χ1n) is 8.77. The summed E-state index contributed by atoms with van der Waals surface area (Å²) < 4.78 is 5.71. The molecule has 0 unspecified atom stereocenters. The fourth-order valence-corrected chi connectivity index (χ4v) is 3.11. The van der Waals surface area contributed by atoms with Crippen molar-refractivity contribution in [3.8, 4) is 5.75 Å². The standard InChI is InChI=1S/C21H26O2S/c1-3-5-6-7-16-23-19-12-10-18(11-13-19)21(22)24-20-14-8-17(4-2)9-15-20/h8-15H,3-7,16H2,1-2H3. The van der Waals surface area contributed by atoms with Gasteiger partial charge in [-0.15, -0.1) is 0 Å². The van der Waals surface area contributed by atoms with Crippen LogP contribution in [-0.2, 0) is 6.42 Å². The molecule has 0 saturated heterocycles. The van der Waals surface area contributed by atoms with Gasteiger partial charge in [-0.05, 0) is 66.6 Å². The average Bonchev–Trinajstić information content (AvgIpc) is 2.62. The van der Waals surface area contributed by atoms with Crippen molar-refractivity contribution in [3.05, 3.63) is 59.7 Å². The normalized spacial score (nSPS) is 10.6. The molecule has 0 bridgehead atoms. The topological polar surface area (TPSA) is 26.3 Å². The van der Waals surface area contributed by atoms with Crippen LogP contribution < -0.4 is 4.74 Å². The molecule has 0 amide bonds. The van der Waals surface area contributed by atoms with Crippen molar-refractivity contribution in [1.29, 1.82) is 0 Å². The number of hydrogen-bond donors (Lipinski definition) is 0.